The molecule has 4 nitrogen and oxygen atoms in total. The minimum Gasteiger partial charge on any atom is -0.383 e. The van der Waals surface area contributed by atoms with Gasteiger partial charge in [-0.25, -0.2) is 0 Å². The molecule has 0 aromatic heterocycles. The summed E-state index contributed by atoms with van der Waals surface area (Å²) in [5.74, 6) is -0.174. The first-order chi connectivity index (χ1) is 6.32. The predicted octanol–water partition coefficient (Wildman–Crippen LogP) is 0.195. The van der Waals surface area contributed by atoms with Crippen LogP contribution >= 0.6 is 0 Å². The van der Waals surface area contributed by atoms with E-state index in [9.17, 15) is 14.7 Å². The fraction of sp³-hybridized carbons (Fsp3) is 0.800. The SMILES string of the molecule is CC(C)(C)C(=O)N1CCC(=O)[C@@H](O)C1. The summed E-state index contributed by atoms with van der Waals surface area (Å²) in [6.07, 6.45) is -0.724. The number of ketones is 1. The first-order valence-electron chi connectivity index (χ1n) is 4.82. The molecule has 0 bridgehead atoms. The zero-order valence-corrected chi connectivity index (χ0v) is 8.91. The van der Waals surface area contributed by atoms with Crippen molar-refractivity contribution in [1.82, 2.24) is 4.90 Å². The lowest BCUT2D eigenvalue weighted by molar-refractivity contribution is -0.146. The van der Waals surface area contributed by atoms with Crippen LogP contribution in [0.5, 0.6) is 0 Å². The summed E-state index contributed by atoms with van der Waals surface area (Å²) >= 11 is 0. The number of amides is 1. The second kappa shape index (κ2) is 3.69. The largest absolute Gasteiger partial charge is 0.383 e. The number of rotatable bonds is 0. The topological polar surface area (TPSA) is 57.6 Å². The highest BCUT2D eigenvalue weighted by atomic mass is 16.3. The number of hydrogen-bond acceptors (Lipinski definition) is 3. The monoisotopic (exact) mass is 199 g/mol. The van der Waals surface area contributed by atoms with E-state index in [1.54, 1.807) is 4.90 Å². The summed E-state index contributed by atoms with van der Waals surface area (Å²) in [6, 6.07) is 0. The van der Waals surface area contributed by atoms with Crippen molar-refractivity contribution >= 4 is 11.7 Å². The predicted molar refractivity (Wildman–Crippen MR) is 51.7 cm³/mol. The van der Waals surface area contributed by atoms with Crippen molar-refractivity contribution in [2.24, 2.45) is 5.41 Å². The number of likely N-dealkylation sites (tertiary alicyclic amines) is 1. The molecule has 1 fully saturated rings. The molecule has 80 valence electrons. The summed E-state index contributed by atoms with van der Waals surface area (Å²) in [6.45, 7) is 6.08. The van der Waals surface area contributed by atoms with Crippen LogP contribution in [0.2, 0.25) is 0 Å². The first kappa shape index (κ1) is 11.2. The quantitative estimate of drug-likeness (QED) is 0.606. The Kier molecular flexibility index (Phi) is 2.95. The molecule has 1 N–H and O–H groups in total. The lowest BCUT2D eigenvalue weighted by atomic mass is 9.93. The van der Waals surface area contributed by atoms with Gasteiger partial charge >= 0.3 is 0 Å². The lowest BCUT2D eigenvalue weighted by Gasteiger charge is -2.33. The number of piperidine rings is 1. The highest BCUT2D eigenvalue weighted by Crippen LogP contribution is 2.19. The molecule has 0 aromatic rings. The molecule has 1 aliphatic rings. The molecule has 1 atom stereocenters. The van der Waals surface area contributed by atoms with E-state index in [-0.39, 0.29) is 24.7 Å². The minimum absolute atomic E-state index is 0.0101. The van der Waals surface area contributed by atoms with Crippen LogP contribution in [0.15, 0.2) is 0 Å². The molecule has 4 heteroatoms. The fourth-order valence-electron chi connectivity index (χ4n) is 1.47. The minimum atomic E-state index is -0.991. The highest BCUT2D eigenvalue weighted by Gasteiger charge is 2.33. The van der Waals surface area contributed by atoms with Crippen molar-refractivity contribution in [3.8, 4) is 0 Å². The van der Waals surface area contributed by atoms with Gasteiger partial charge in [-0.15, -0.1) is 0 Å². The van der Waals surface area contributed by atoms with Gasteiger partial charge in [-0.3, -0.25) is 9.59 Å². The van der Waals surface area contributed by atoms with Crippen molar-refractivity contribution in [2.75, 3.05) is 13.1 Å². The van der Waals surface area contributed by atoms with E-state index in [1.165, 1.54) is 0 Å². The van der Waals surface area contributed by atoms with E-state index < -0.39 is 11.5 Å². The summed E-state index contributed by atoms with van der Waals surface area (Å²) in [4.78, 5) is 24.4. The van der Waals surface area contributed by atoms with E-state index in [4.69, 9.17) is 0 Å². The third-order valence-corrected chi connectivity index (χ3v) is 2.32. The molecule has 0 spiro atoms. The standard InChI is InChI=1S/C10H17NO3/c1-10(2,3)9(14)11-5-4-7(12)8(13)6-11/h8,13H,4-6H2,1-3H3/t8-/m0/s1. The molecular weight excluding hydrogens is 182 g/mol. The number of hydrogen-bond donors (Lipinski definition) is 1. The Morgan fingerprint density at radius 3 is 2.50 bits per heavy atom. The fourth-order valence-corrected chi connectivity index (χ4v) is 1.47. The van der Waals surface area contributed by atoms with E-state index >= 15 is 0 Å². The Morgan fingerprint density at radius 1 is 1.50 bits per heavy atom. The Balaban J connectivity index is 2.64. The lowest BCUT2D eigenvalue weighted by Crippen LogP contribution is -2.50. The van der Waals surface area contributed by atoms with Crippen molar-refractivity contribution in [3.63, 3.8) is 0 Å². The van der Waals surface area contributed by atoms with E-state index in [0.717, 1.165) is 0 Å². The number of Topliss-reactive ketones (excluding diaryl/α,β-unsaturated/α-hetero) is 1. The second-order valence-electron chi connectivity index (χ2n) is 4.73. The summed E-state index contributed by atoms with van der Waals surface area (Å²) in [7, 11) is 0. The molecule has 0 unspecified atom stereocenters. The summed E-state index contributed by atoms with van der Waals surface area (Å²) in [5.41, 5.74) is -0.444. The van der Waals surface area contributed by atoms with Crippen LogP contribution in [0.3, 0.4) is 0 Å². The average molecular weight is 199 g/mol. The smallest absolute Gasteiger partial charge is 0.228 e. The molecule has 0 saturated carbocycles. The molecule has 1 heterocycles. The second-order valence-corrected chi connectivity index (χ2v) is 4.73. The van der Waals surface area contributed by atoms with Crippen LogP contribution in [0.4, 0.5) is 0 Å². The molecule has 1 saturated heterocycles. The molecule has 0 radical (unpaired) electrons. The van der Waals surface area contributed by atoms with Gasteiger partial charge in [0.2, 0.25) is 5.91 Å². The maximum atomic E-state index is 11.8. The van der Waals surface area contributed by atoms with Gasteiger partial charge < -0.3 is 10.0 Å². The number of aliphatic hydroxyl groups excluding tert-OH is 1. The van der Waals surface area contributed by atoms with Gasteiger partial charge in [0.25, 0.3) is 0 Å². The Labute approximate surface area is 83.9 Å². The van der Waals surface area contributed by atoms with Gasteiger partial charge in [-0.1, -0.05) is 20.8 Å². The zero-order valence-electron chi connectivity index (χ0n) is 8.91. The van der Waals surface area contributed by atoms with Crippen molar-refractivity contribution in [1.29, 1.82) is 0 Å². The van der Waals surface area contributed by atoms with Crippen LogP contribution < -0.4 is 0 Å². The molecule has 1 aliphatic heterocycles. The molecule has 0 aromatic carbocycles. The van der Waals surface area contributed by atoms with E-state index in [2.05, 4.69) is 0 Å². The van der Waals surface area contributed by atoms with Gasteiger partial charge in [0.15, 0.2) is 5.78 Å². The number of carbonyl (C=O) groups is 2. The number of aliphatic hydroxyl groups is 1. The van der Waals surface area contributed by atoms with Crippen molar-refractivity contribution in [2.45, 2.75) is 33.3 Å². The molecule has 1 rings (SSSR count). The molecular formula is C10H17NO3. The van der Waals surface area contributed by atoms with Crippen LogP contribution in [-0.4, -0.2) is 40.9 Å². The Morgan fingerprint density at radius 2 is 2.07 bits per heavy atom. The first-order valence-corrected chi connectivity index (χ1v) is 4.82. The Bertz CT molecular complexity index is 255. The van der Waals surface area contributed by atoms with E-state index in [0.29, 0.717) is 6.54 Å². The van der Waals surface area contributed by atoms with Gasteiger partial charge in [0.05, 0.1) is 6.54 Å². The maximum absolute atomic E-state index is 11.8. The van der Waals surface area contributed by atoms with Gasteiger partial charge in [-0.05, 0) is 0 Å². The third kappa shape index (κ3) is 2.32. The Hall–Kier alpha value is -0.900. The number of β-amino-alcohol motifs (C(OH)–C–C–N with tert-alkyl or cyclic N) is 1. The van der Waals surface area contributed by atoms with Gasteiger partial charge in [0.1, 0.15) is 6.10 Å². The number of carbonyl (C=O) groups excluding carboxylic acids is 2. The molecule has 0 aliphatic carbocycles. The number of nitrogens with zero attached hydrogens (tertiary/aromatic N) is 1. The van der Waals surface area contributed by atoms with Crippen LogP contribution in [0, 0.1) is 5.41 Å². The van der Waals surface area contributed by atoms with Crippen molar-refractivity contribution in [3.05, 3.63) is 0 Å². The zero-order chi connectivity index (χ0) is 10.9. The van der Waals surface area contributed by atoms with Crippen LogP contribution in [0.25, 0.3) is 0 Å². The van der Waals surface area contributed by atoms with Crippen LogP contribution in [-0.2, 0) is 9.59 Å². The van der Waals surface area contributed by atoms with E-state index in [1.807, 2.05) is 20.8 Å². The summed E-state index contributed by atoms with van der Waals surface area (Å²) in [5, 5.41) is 9.32. The molecule has 14 heavy (non-hydrogen) atoms. The van der Waals surface area contributed by atoms with Crippen LogP contribution in [0.1, 0.15) is 27.2 Å². The van der Waals surface area contributed by atoms with Gasteiger partial charge in [-0.2, -0.15) is 0 Å². The maximum Gasteiger partial charge on any atom is 0.228 e. The highest BCUT2D eigenvalue weighted by molar-refractivity contribution is 5.88. The normalized spacial score (nSPS) is 23.9. The third-order valence-electron chi connectivity index (χ3n) is 2.32. The van der Waals surface area contributed by atoms with Gasteiger partial charge in [0, 0.05) is 18.4 Å². The average Bonchev–Trinajstić information content (AvgIpc) is 2.07. The molecule has 1 amide bonds. The summed E-state index contributed by atoms with van der Waals surface area (Å²) < 4.78 is 0. The van der Waals surface area contributed by atoms with Crippen molar-refractivity contribution < 1.29 is 14.7 Å².